The molecule has 0 bridgehead atoms. The Morgan fingerprint density at radius 3 is 2.58 bits per heavy atom. The number of aromatic nitrogens is 3. The quantitative estimate of drug-likeness (QED) is 0.743. The number of nitrogens with zero attached hydrogens (tertiary/aromatic N) is 3. The Kier molecular flexibility index (Phi) is 2.74. The van der Waals surface area contributed by atoms with Crippen molar-refractivity contribution in [2.45, 2.75) is 5.75 Å². The molecule has 1 aromatic heterocycles. The second-order valence-electron chi connectivity index (χ2n) is 2.13. The van der Waals surface area contributed by atoms with E-state index in [0.717, 1.165) is 0 Å². The van der Waals surface area contributed by atoms with Gasteiger partial charge in [-0.15, -0.1) is 5.10 Å². The topological polar surface area (TPSA) is 64.8 Å². The van der Waals surface area contributed by atoms with Crippen molar-refractivity contribution in [2.75, 3.05) is 0 Å². The minimum atomic E-state index is -3.55. The molecule has 0 fully saturated rings. The van der Waals surface area contributed by atoms with Crippen LogP contribution in [0.4, 0.5) is 0 Å². The first-order valence-corrected chi connectivity index (χ1v) is 6.13. The highest BCUT2D eigenvalue weighted by Crippen LogP contribution is 2.16. The molecule has 12 heavy (non-hydrogen) atoms. The maximum Gasteiger partial charge on any atom is 0.238 e. The van der Waals surface area contributed by atoms with Gasteiger partial charge in [0.1, 0.15) is 5.75 Å². The maximum atomic E-state index is 10.7. The third-order valence-electron chi connectivity index (χ3n) is 1.20. The number of hydrogen-bond donors (Lipinski definition) is 0. The summed E-state index contributed by atoms with van der Waals surface area (Å²) in [4.78, 5) is 0. The fraction of sp³-hybridized carbons (Fsp3) is 0.500. The highest BCUT2D eigenvalue weighted by molar-refractivity contribution is 9.10. The third-order valence-corrected chi connectivity index (χ3v) is 2.77. The molecule has 8 heteroatoms. The zero-order valence-corrected chi connectivity index (χ0v) is 9.19. The molecule has 68 valence electrons. The minimum absolute atomic E-state index is 0.279. The number of halogens is 2. The van der Waals surface area contributed by atoms with Gasteiger partial charge in [-0.3, -0.25) is 4.68 Å². The van der Waals surface area contributed by atoms with Crippen LogP contribution in [0.1, 0.15) is 5.69 Å². The normalized spacial score (nSPS) is 11.9. The fourth-order valence-corrected chi connectivity index (χ4v) is 2.28. The molecule has 0 aromatic carbocycles. The Bertz CT molecular complexity index is 368. The first kappa shape index (κ1) is 9.94. The first-order valence-electron chi connectivity index (χ1n) is 2.86. The van der Waals surface area contributed by atoms with E-state index >= 15 is 0 Å². The molecule has 0 radical (unpaired) electrons. The molecule has 5 nitrogen and oxygen atoms in total. The lowest BCUT2D eigenvalue weighted by Gasteiger charge is -1.96. The zero-order chi connectivity index (χ0) is 9.35. The molecule has 0 aliphatic carbocycles. The van der Waals surface area contributed by atoms with Gasteiger partial charge in [-0.2, -0.15) is 0 Å². The molecule has 0 N–H and O–H groups in total. The van der Waals surface area contributed by atoms with Gasteiger partial charge in [-0.05, 0) is 15.9 Å². The van der Waals surface area contributed by atoms with Gasteiger partial charge in [-0.25, -0.2) is 8.42 Å². The van der Waals surface area contributed by atoms with Gasteiger partial charge in [0.2, 0.25) is 9.05 Å². The lowest BCUT2D eigenvalue weighted by molar-refractivity contribution is 0.604. The van der Waals surface area contributed by atoms with E-state index in [-0.39, 0.29) is 5.75 Å². The Morgan fingerprint density at radius 2 is 2.25 bits per heavy atom. The summed E-state index contributed by atoms with van der Waals surface area (Å²) in [6, 6.07) is 0. The number of aryl methyl sites for hydroxylation is 1. The predicted octanol–water partition coefficient (Wildman–Crippen LogP) is 0.646. The van der Waals surface area contributed by atoms with Crippen LogP contribution in [0.15, 0.2) is 4.60 Å². The highest BCUT2D eigenvalue weighted by atomic mass is 79.9. The summed E-state index contributed by atoms with van der Waals surface area (Å²) in [7, 11) is 3.09. The monoisotopic (exact) mass is 273 g/mol. The van der Waals surface area contributed by atoms with Crippen molar-refractivity contribution in [1.29, 1.82) is 0 Å². The van der Waals surface area contributed by atoms with Crippen molar-refractivity contribution in [3.8, 4) is 0 Å². The molecule has 0 spiro atoms. The number of hydrogen-bond acceptors (Lipinski definition) is 4. The van der Waals surface area contributed by atoms with Crippen molar-refractivity contribution in [3.05, 3.63) is 10.3 Å². The van der Waals surface area contributed by atoms with E-state index in [2.05, 4.69) is 26.2 Å². The van der Waals surface area contributed by atoms with Gasteiger partial charge in [0, 0.05) is 17.7 Å². The highest BCUT2D eigenvalue weighted by Gasteiger charge is 2.15. The van der Waals surface area contributed by atoms with Gasteiger partial charge >= 0.3 is 0 Å². The summed E-state index contributed by atoms with van der Waals surface area (Å²) in [6.07, 6.45) is 0. The standard InChI is InChI=1S/C4H5BrClN3O2S/c1-9-3(2-12(6,10)11)4(5)7-8-9/h2H2,1H3. The molecular weight excluding hydrogens is 269 g/mol. The van der Waals surface area contributed by atoms with Crippen LogP contribution in [0.2, 0.25) is 0 Å². The summed E-state index contributed by atoms with van der Waals surface area (Å²) < 4.78 is 23.1. The third kappa shape index (κ3) is 2.43. The second-order valence-corrected chi connectivity index (χ2v) is 5.66. The van der Waals surface area contributed by atoms with Gasteiger partial charge in [0.15, 0.2) is 4.60 Å². The average molecular weight is 275 g/mol. The predicted molar refractivity (Wildman–Crippen MR) is 47.2 cm³/mol. The summed E-state index contributed by atoms with van der Waals surface area (Å²) in [6.45, 7) is 0. The van der Waals surface area contributed by atoms with Crippen molar-refractivity contribution < 1.29 is 8.42 Å². The molecule has 1 heterocycles. The molecule has 0 atom stereocenters. The van der Waals surface area contributed by atoms with E-state index in [0.29, 0.717) is 10.3 Å². The van der Waals surface area contributed by atoms with Gasteiger partial charge in [0.05, 0.1) is 5.69 Å². The Morgan fingerprint density at radius 1 is 1.67 bits per heavy atom. The molecule has 0 unspecified atom stereocenters. The van der Waals surface area contributed by atoms with Crippen molar-refractivity contribution in [2.24, 2.45) is 7.05 Å². The van der Waals surface area contributed by atoms with E-state index < -0.39 is 9.05 Å². The lowest BCUT2D eigenvalue weighted by Crippen LogP contribution is -2.03. The van der Waals surface area contributed by atoms with Crippen molar-refractivity contribution in [1.82, 2.24) is 15.0 Å². The van der Waals surface area contributed by atoms with Gasteiger partial charge in [-0.1, -0.05) is 5.21 Å². The minimum Gasteiger partial charge on any atom is -0.250 e. The van der Waals surface area contributed by atoms with E-state index in [1.165, 1.54) is 4.68 Å². The van der Waals surface area contributed by atoms with E-state index in [1.54, 1.807) is 7.05 Å². The Balaban J connectivity index is 3.04. The molecular formula is C4H5BrClN3O2S. The summed E-state index contributed by atoms with van der Waals surface area (Å²) >= 11 is 3.05. The van der Waals surface area contributed by atoms with Gasteiger partial charge < -0.3 is 0 Å². The van der Waals surface area contributed by atoms with Crippen LogP contribution >= 0.6 is 26.6 Å². The second kappa shape index (κ2) is 3.31. The summed E-state index contributed by atoms with van der Waals surface area (Å²) in [5.74, 6) is -0.279. The largest absolute Gasteiger partial charge is 0.250 e. The SMILES string of the molecule is Cn1nnc(Br)c1CS(=O)(=O)Cl. The van der Waals surface area contributed by atoms with Crippen molar-refractivity contribution >= 4 is 35.7 Å². The fourth-order valence-electron chi connectivity index (χ4n) is 0.668. The molecule has 1 rings (SSSR count). The maximum absolute atomic E-state index is 10.7. The van der Waals surface area contributed by atoms with Crippen molar-refractivity contribution in [3.63, 3.8) is 0 Å². The van der Waals surface area contributed by atoms with Crippen LogP contribution in [0.5, 0.6) is 0 Å². The smallest absolute Gasteiger partial charge is 0.238 e. The lowest BCUT2D eigenvalue weighted by atomic mass is 10.5. The van der Waals surface area contributed by atoms with Crippen LogP contribution in [0.3, 0.4) is 0 Å². The van der Waals surface area contributed by atoms with Crippen LogP contribution in [0.25, 0.3) is 0 Å². The molecule has 0 amide bonds. The molecule has 0 aliphatic rings. The molecule has 1 aromatic rings. The first-order chi connectivity index (χ1) is 5.40. The van der Waals surface area contributed by atoms with Gasteiger partial charge in [0.25, 0.3) is 0 Å². The Hall–Kier alpha value is -0.140. The van der Waals surface area contributed by atoms with Crippen LogP contribution in [-0.2, 0) is 21.9 Å². The van der Waals surface area contributed by atoms with E-state index in [4.69, 9.17) is 10.7 Å². The molecule has 0 saturated carbocycles. The molecule has 0 saturated heterocycles. The van der Waals surface area contributed by atoms with E-state index in [9.17, 15) is 8.42 Å². The van der Waals surface area contributed by atoms with Crippen LogP contribution in [-0.4, -0.2) is 23.4 Å². The summed E-state index contributed by atoms with van der Waals surface area (Å²) in [5.41, 5.74) is 0.435. The Labute approximate surface area is 82.3 Å². The average Bonchev–Trinajstić information content (AvgIpc) is 2.16. The zero-order valence-electron chi connectivity index (χ0n) is 6.03. The number of rotatable bonds is 2. The van der Waals surface area contributed by atoms with Crippen LogP contribution in [0, 0.1) is 0 Å². The summed E-state index contributed by atoms with van der Waals surface area (Å²) in [5, 5.41) is 7.20. The van der Waals surface area contributed by atoms with E-state index in [1.807, 2.05) is 0 Å². The molecule has 0 aliphatic heterocycles. The van der Waals surface area contributed by atoms with Crippen LogP contribution < -0.4 is 0 Å².